The highest BCUT2D eigenvalue weighted by Crippen LogP contribution is 2.45. The van der Waals surface area contributed by atoms with Crippen LogP contribution in [0.25, 0.3) is 54.6 Å². The molecule has 0 aliphatic carbocycles. The summed E-state index contributed by atoms with van der Waals surface area (Å²) >= 11 is 0. The molecule has 8 aromatic rings. The van der Waals surface area contributed by atoms with Crippen LogP contribution in [-0.4, -0.2) is 13.4 Å². The summed E-state index contributed by atoms with van der Waals surface area (Å²) in [6, 6.07) is 47.3. The van der Waals surface area contributed by atoms with Crippen molar-refractivity contribution in [3.8, 4) is 22.3 Å². The number of hydrogen-bond acceptors (Lipinski definition) is 0. The van der Waals surface area contributed by atoms with Gasteiger partial charge < -0.3 is 0 Å². The third-order valence-corrected chi connectivity index (χ3v) is 11.6. The van der Waals surface area contributed by atoms with Gasteiger partial charge in [-0.25, -0.2) is 0 Å². The van der Waals surface area contributed by atoms with Gasteiger partial charge in [0, 0.05) is 0 Å². The molecule has 0 fully saturated rings. The summed E-state index contributed by atoms with van der Waals surface area (Å²) < 4.78 is 0. The molecule has 4 aliphatic rings. The standard InChI is InChI=1S/C42H24B2/c1-3-13-33-23(7-1)19-27-9-5-11-29-31-21-26-16-18-36-40-32(22-25-15-17-35(43(33)41(27)29)39(31)37(25)38(26)40)30-12-6-10-28-20-24-8-2-4-14-34(24)44(36)42(28)30/h1-18,21-22H,19-20H2. The molecule has 0 saturated carbocycles. The van der Waals surface area contributed by atoms with E-state index in [1.54, 1.807) is 0 Å². The van der Waals surface area contributed by atoms with Gasteiger partial charge in [0.2, 0.25) is 13.4 Å². The van der Waals surface area contributed by atoms with Gasteiger partial charge >= 0.3 is 0 Å². The van der Waals surface area contributed by atoms with Crippen molar-refractivity contribution in [3.05, 3.63) is 144 Å². The lowest BCUT2D eigenvalue weighted by Crippen LogP contribution is -2.59. The first kappa shape index (κ1) is 22.5. The van der Waals surface area contributed by atoms with Gasteiger partial charge in [0.15, 0.2) is 0 Å². The molecule has 0 aromatic heterocycles. The van der Waals surface area contributed by atoms with E-state index in [1.165, 1.54) is 110 Å². The summed E-state index contributed by atoms with van der Waals surface area (Å²) in [5.74, 6) is 0. The predicted octanol–water partition coefficient (Wildman–Crippen LogP) is 5.39. The van der Waals surface area contributed by atoms with Gasteiger partial charge in [0.05, 0.1) is 0 Å². The molecule has 0 unspecified atom stereocenters. The maximum atomic E-state index is 2.53. The second kappa shape index (κ2) is 7.52. The Morgan fingerprint density at radius 2 is 0.795 bits per heavy atom. The maximum absolute atomic E-state index is 2.53. The average molecular weight is 550 g/mol. The van der Waals surface area contributed by atoms with Gasteiger partial charge in [0.1, 0.15) is 0 Å². The first-order valence-electron chi connectivity index (χ1n) is 16.0. The highest BCUT2D eigenvalue weighted by atomic mass is 14.3. The van der Waals surface area contributed by atoms with Crippen LogP contribution >= 0.6 is 0 Å². The molecule has 4 aliphatic heterocycles. The van der Waals surface area contributed by atoms with Crippen LogP contribution in [-0.2, 0) is 12.8 Å². The predicted molar refractivity (Wildman–Crippen MR) is 189 cm³/mol. The Hall–Kier alpha value is -5.07. The zero-order chi connectivity index (χ0) is 28.3. The van der Waals surface area contributed by atoms with Crippen LogP contribution in [0.1, 0.15) is 22.3 Å². The van der Waals surface area contributed by atoms with Crippen LogP contribution in [0, 0.1) is 0 Å². The molecule has 0 atom stereocenters. The van der Waals surface area contributed by atoms with Crippen LogP contribution in [0.4, 0.5) is 0 Å². The molecule has 0 bridgehead atoms. The SMILES string of the molecule is c1ccc2c(c1)Cc1cccc3c1B2c1ccc2cc4c5c(ccc6cc-3c1c2c65)B1c2ccccc2Cc2cccc-4c21. The Balaban J connectivity index is 1.27. The molecular formula is C42H24B2. The lowest BCUT2D eigenvalue weighted by atomic mass is 9.30. The van der Waals surface area contributed by atoms with Crippen molar-refractivity contribution < 1.29 is 0 Å². The number of hydrogen-bond donors (Lipinski definition) is 0. The third-order valence-electron chi connectivity index (χ3n) is 11.6. The first-order valence-corrected chi connectivity index (χ1v) is 16.0. The fraction of sp³-hybridized carbons (Fsp3) is 0.0476. The summed E-state index contributed by atoms with van der Waals surface area (Å²) in [6.07, 6.45) is 2.04. The van der Waals surface area contributed by atoms with Gasteiger partial charge in [-0.1, -0.05) is 142 Å². The molecule has 4 heterocycles. The molecule has 198 valence electrons. The van der Waals surface area contributed by atoms with E-state index >= 15 is 0 Å². The normalized spacial score (nSPS) is 14.5. The second-order valence-corrected chi connectivity index (χ2v) is 13.5. The second-order valence-electron chi connectivity index (χ2n) is 13.5. The van der Waals surface area contributed by atoms with Gasteiger partial charge in [-0.15, -0.1) is 0 Å². The fourth-order valence-corrected chi connectivity index (χ4v) is 10.00. The molecule has 0 nitrogen and oxygen atoms in total. The van der Waals surface area contributed by atoms with Crippen molar-refractivity contribution in [2.75, 3.05) is 0 Å². The van der Waals surface area contributed by atoms with E-state index in [1.807, 2.05) is 0 Å². The number of fused-ring (bicyclic) bond motifs is 8. The molecule has 44 heavy (non-hydrogen) atoms. The molecule has 0 radical (unpaired) electrons. The van der Waals surface area contributed by atoms with Gasteiger partial charge in [0.25, 0.3) is 0 Å². The molecule has 0 N–H and O–H groups in total. The summed E-state index contributed by atoms with van der Waals surface area (Å²) in [5, 5.41) is 8.58. The summed E-state index contributed by atoms with van der Waals surface area (Å²) in [4.78, 5) is 0. The molecule has 8 aromatic carbocycles. The smallest absolute Gasteiger partial charge is 0.0667 e. The van der Waals surface area contributed by atoms with Crippen molar-refractivity contribution >= 4 is 78.5 Å². The van der Waals surface area contributed by atoms with E-state index in [0.29, 0.717) is 0 Å². The zero-order valence-electron chi connectivity index (χ0n) is 24.1. The Morgan fingerprint density at radius 1 is 0.341 bits per heavy atom. The molecule has 0 amide bonds. The van der Waals surface area contributed by atoms with Crippen molar-refractivity contribution in [2.45, 2.75) is 12.8 Å². The highest BCUT2D eigenvalue weighted by molar-refractivity contribution is 7.00. The van der Waals surface area contributed by atoms with Crippen LogP contribution in [0.5, 0.6) is 0 Å². The van der Waals surface area contributed by atoms with Crippen LogP contribution < -0.4 is 32.8 Å². The minimum Gasteiger partial charge on any atom is -0.0667 e. The molecule has 2 heteroatoms. The zero-order valence-corrected chi connectivity index (χ0v) is 24.1. The Morgan fingerprint density at radius 3 is 1.30 bits per heavy atom. The van der Waals surface area contributed by atoms with E-state index in [2.05, 4.69) is 121 Å². The Labute approximate surface area is 256 Å². The Kier molecular flexibility index (Phi) is 3.84. The van der Waals surface area contributed by atoms with E-state index in [4.69, 9.17) is 0 Å². The number of benzene rings is 8. The maximum Gasteiger partial charge on any atom is 0.243 e. The van der Waals surface area contributed by atoms with E-state index in [9.17, 15) is 0 Å². The van der Waals surface area contributed by atoms with Crippen molar-refractivity contribution in [1.29, 1.82) is 0 Å². The van der Waals surface area contributed by atoms with Crippen LogP contribution in [0.15, 0.2) is 121 Å². The van der Waals surface area contributed by atoms with Crippen LogP contribution in [0.3, 0.4) is 0 Å². The first-order chi connectivity index (χ1) is 21.8. The van der Waals surface area contributed by atoms with Gasteiger partial charge in [-0.2, -0.15) is 0 Å². The van der Waals surface area contributed by atoms with Gasteiger partial charge in [-0.05, 0) is 102 Å². The quantitative estimate of drug-likeness (QED) is 0.176. The molecular weight excluding hydrogens is 526 g/mol. The van der Waals surface area contributed by atoms with Crippen LogP contribution in [0.2, 0.25) is 0 Å². The largest absolute Gasteiger partial charge is 0.243 e. The van der Waals surface area contributed by atoms with Crippen molar-refractivity contribution in [1.82, 2.24) is 0 Å². The summed E-state index contributed by atoms with van der Waals surface area (Å²) in [7, 11) is 0. The van der Waals surface area contributed by atoms with Crippen molar-refractivity contribution in [2.24, 2.45) is 0 Å². The van der Waals surface area contributed by atoms with E-state index in [-0.39, 0.29) is 13.4 Å². The fourth-order valence-electron chi connectivity index (χ4n) is 10.00. The van der Waals surface area contributed by atoms with Gasteiger partial charge in [-0.3, -0.25) is 0 Å². The molecule has 12 rings (SSSR count). The lowest BCUT2D eigenvalue weighted by Gasteiger charge is -2.36. The average Bonchev–Trinajstić information content (AvgIpc) is 3.07. The number of rotatable bonds is 0. The minimum atomic E-state index is 0.281. The summed E-state index contributed by atoms with van der Waals surface area (Å²) in [5.41, 5.74) is 20.6. The molecule has 0 spiro atoms. The lowest BCUT2D eigenvalue weighted by molar-refractivity contribution is 1.21. The van der Waals surface area contributed by atoms with E-state index < -0.39 is 0 Å². The molecule has 0 saturated heterocycles. The topological polar surface area (TPSA) is 0 Å². The Bertz CT molecular complexity index is 2440. The third kappa shape index (κ3) is 2.47. The van der Waals surface area contributed by atoms with E-state index in [0.717, 1.165) is 12.8 Å². The highest BCUT2D eigenvalue weighted by Gasteiger charge is 2.41. The van der Waals surface area contributed by atoms with Crippen molar-refractivity contribution in [3.63, 3.8) is 0 Å². The summed E-state index contributed by atoms with van der Waals surface area (Å²) in [6.45, 7) is 0.562. The monoisotopic (exact) mass is 550 g/mol. The minimum absolute atomic E-state index is 0.281.